The highest BCUT2D eigenvalue weighted by atomic mass is 127. The molecule has 1 aromatic carbocycles. The summed E-state index contributed by atoms with van der Waals surface area (Å²) in [7, 11) is 0. The molecule has 0 amide bonds. The number of nitrogens with one attached hydrogen (secondary N) is 2. The lowest BCUT2D eigenvalue weighted by Crippen LogP contribution is -2.45. The molecule has 2 heterocycles. The number of rotatable bonds is 3. The van der Waals surface area contributed by atoms with Gasteiger partial charge in [-0.25, -0.2) is 4.39 Å². The molecule has 1 aliphatic heterocycles. The van der Waals surface area contributed by atoms with E-state index < -0.39 is 18.9 Å². The molecule has 1 fully saturated rings. The van der Waals surface area contributed by atoms with Crippen LogP contribution < -0.4 is 10.6 Å². The van der Waals surface area contributed by atoms with Crippen LogP contribution in [-0.2, 0) is 6.54 Å². The molecule has 8 heteroatoms. The molecule has 0 spiro atoms. The number of fused-ring (bicyclic) bond motifs is 1. The summed E-state index contributed by atoms with van der Waals surface area (Å²) in [5, 5.41) is 6.84. The van der Waals surface area contributed by atoms with E-state index in [0.717, 1.165) is 10.1 Å². The van der Waals surface area contributed by atoms with Crippen molar-refractivity contribution in [3.8, 4) is 0 Å². The van der Waals surface area contributed by atoms with Gasteiger partial charge < -0.3 is 15.2 Å². The Balaban J connectivity index is 1.94. The van der Waals surface area contributed by atoms with E-state index in [-0.39, 0.29) is 6.04 Å². The van der Waals surface area contributed by atoms with Crippen molar-refractivity contribution < 1.29 is 17.6 Å². The molecule has 3 rings (SSSR count). The van der Waals surface area contributed by atoms with E-state index in [4.69, 9.17) is 0 Å². The van der Waals surface area contributed by atoms with Crippen LogP contribution in [0.25, 0.3) is 10.9 Å². The summed E-state index contributed by atoms with van der Waals surface area (Å²) in [6.45, 7) is -0.0187. The van der Waals surface area contributed by atoms with Crippen molar-refractivity contribution in [2.24, 2.45) is 0 Å². The molecular weight excluding hydrogens is 425 g/mol. The monoisotopic (exact) mass is 441 g/mol. The van der Waals surface area contributed by atoms with E-state index in [9.17, 15) is 17.6 Å². The highest BCUT2D eigenvalue weighted by Crippen LogP contribution is 2.31. The first-order valence-corrected chi connectivity index (χ1v) is 8.38. The second kappa shape index (κ2) is 6.46. The summed E-state index contributed by atoms with van der Waals surface area (Å²) in [5.41, 5.74) is 1.18. The van der Waals surface area contributed by atoms with Crippen molar-refractivity contribution in [3.63, 3.8) is 0 Å². The van der Waals surface area contributed by atoms with Crippen molar-refractivity contribution in [1.29, 1.82) is 0 Å². The number of halogens is 5. The van der Waals surface area contributed by atoms with Crippen LogP contribution in [0.15, 0.2) is 24.4 Å². The first-order chi connectivity index (χ1) is 10.8. The minimum absolute atomic E-state index is 0.291. The first-order valence-electron chi connectivity index (χ1n) is 7.30. The van der Waals surface area contributed by atoms with E-state index >= 15 is 0 Å². The maximum Gasteiger partial charge on any atom is 0.406 e. The Hall–Kier alpha value is -1.03. The molecular formula is C15H16F4IN3. The minimum Gasteiger partial charge on any atom is -0.379 e. The second-order valence-corrected chi connectivity index (χ2v) is 6.95. The smallest absolute Gasteiger partial charge is 0.379 e. The van der Waals surface area contributed by atoms with Gasteiger partial charge in [0.2, 0.25) is 0 Å². The molecule has 2 unspecified atom stereocenters. The van der Waals surface area contributed by atoms with E-state index in [2.05, 4.69) is 33.2 Å². The highest BCUT2D eigenvalue weighted by molar-refractivity contribution is 14.1. The van der Waals surface area contributed by atoms with Gasteiger partial charge in [-0.05, 0) is 53.8 Å². The van der Waals surface area contributed by atoms with Gasteiger partial charge >= 0.3 is 6.18 Å². The summed E-state index contributed by atoms with van der Waals surface area (Å²) in [5.74, 6) is 0. The molecule has 2 N–H and O–H groups in total. The lowest BCUT2D eigenvalue weighted by atomic mass is 10.0. The zero-order chi connectivity index (χ0) is 16.6. The predicted octanol–water partition coefficient (Wildman–Crippen LogP) is 3.92. The molecule has 1 aromatic heterocycles. The fourth-order valence-electron chi connectivity index (χ4n) is 2.89. The van der Waals surface area contributed by atoms with E-state index in [1.165, 1.54) is 10.8 Å². The Kier molecular flexibility index (Phi) is 4.73. The fraction of sp³-hybridized carbons (Fsp3) is 0.467. The second-order valence-electron chi connectivity index (χ2n) is 5.70. The highest BCUT2D eigenvalue weighted by Gasteiger charge is 2.29. The Morgan fingerprint density at radius 2 is 2.13 bits per heavy atom. The lowest BCUT2D eigenvalue weighted by molar-refractivity contribution is -0.139. The van der Waals surface area contributed by atoms with Crippen LogP contribution in [0.5, 0.6) is 0 Å². The van der Waals surface area contributed by atoms with Gasteiger partial charge in [-0.3, -0.25) is 0 Å². The van der Waals surface area contributed by atoms with Crippen LogP contribution in [0.2, 0.25) is 0 Å². The van der Waals surface area contributed by atoms with Crippen molar-refractivity contribution >= 4 is 39.2 Å². The number of alkyl halides is 4. The normalized spacial score (nSPS) is 22.5. The van der Waals surface area contributed by atoms with Crippen LogP contribution in [0.4, 0.5) is 23.2 Å². The number of nitrogens with zero attached hydrogens (tertiary/aromatic N) is 1. The van der Waals surface area contributed by atoms with Gasteiger partial charge in [0.25, 0.3) is 0 Å². The molecule has 0 aliphatic carbocycles. The largest absolute Gasteiger partial charge is 0.406 e. The summed E-state index contributed by atoms with van der Waals surface area (Å²) >= 11 is 2.06. The van der Waals surface area contributed by atoms with Gasteiger partial charge in [0, 0.05) is 27.4 Å². The molecule has 23 heavy (non-hydrogen) atoms. The SMILES string of the molecule is FC1CNCCC1Nc1cc(I)cc2c1ccn2CC(F)(F)F. The Morgan fingerprint density at radius 1 is 1.35 bits per heavy atom. The summed E-state index contributed by atoms with van der Waals surface area (Å²) in [4.78, 5) is 0. The molecule has 126 valence electrons. The van der Waals surface area contributed by atoms with Crippen LogP contribution in [0, 0.1) is 3.57 Å². The van der Waals surface area contributed by atoms with Crippen LogP contribution >= 0.6 is 22.6 Å². The molecule has 0 saturated carbocycles. The number of hydrogen-bond donors (Lipinski definition) is 2. The zero-order valence-corrected chi connectivity index (χ0v) is 14.3. The third-order valence-corrected chi connectivity index (χ3v) is 4.57. The van der Waals surface area contributed by atoms with Crippen molar-refractivity contribution in [1.82, 2.24) is 9.88 Å². The quantitative estimate of drug-likeness (QED) is 0.559. The van der Waals surface area contributed by atoms with E-state index in [1.807, 2.05) is 6.07 Å². The Bertz CT molecular complexity index is 698. The van der Waals surface area contributed by atoms with Gasteiger partial charge in [0.05, 0.1) is 11.6 Å². The first kappa shape index (κ1) is 16.8. The Morgan fingerprint density at radius 3 is 2.83 bits per heavy atom. The number of aromatic nitrogens is 1. The molecule has 2 atom stereocenters. The van der Waals surface area contributed by atoms with Gasteiger partial charge in [-0.1, -0.05) is 0 Å². The van der Waals surface area contributed by atoms with Crippen molar-refractivity contribution in [3.05, 3.63) is 28.0 Å². The average molecular weight is 441 g/mol. The van der Waals surface area contributed by atoms with Crippen molar-refractivity contribution in [2.45, 2.75) is 31.4 Å². The van der Waals surface area contributed by atoms with Crippen LogP contribution in [0.1, 0.15) is 6.42 Å². The average Bonchev–Trinajstić information content (AvgIpc) is 2.82. The third-order valence-electron chi connectivity index (χ3n) is 3.95. The maximum atomic E-state index is 14.0. The van der Waals surface area contributed by atoms with Gasteiger partial charge in [-0.15, -0.1) is 0 Å². The van der Waals surface area contributed by atoms with E-state index in [1.54, 1.807) is 12.1 Å². The van der Waals surface area contributed by atoms with Crippen LogP contribution in [0.3, 0.4) is 0 Å². The van der Waals surface area contributed by atoms with Gasteiger partial charge in [0.1, 0.15) is 12.7 Å². The fourth-order valence-corrected chi connectivity index (χ4v) is 3.50. The number of benzene rings is 1. The maximum absolute atomic E-state index is 14.0. The van der Waals surface area contributed by atoms with Crippen molar-refractivity contribution in [2.75, 3.05) is 18.4 Å². The van der Waals surface area contributed by atoms with Gasteiger partial charge in [0.15, 0.2) is 0 Å². The molecule has 3 nitrogen and oxygen atoms in total. The molecule has 1 saturated heterocycles. The lowest BCUT2D eigenvalue weighted by Gasteiger charge is -2.28. The molecule has 0 bridgehead atoms. The predicted molar refractivity (Wildman–Crippen MR) is 90.5 cm³/mol. The zero-order valence-electron chi connectivity index (χ0n) is 12.1. The standard InChI is InChI=1S/C15H16F4IN3/c16-11-7-21-3-1-12(11)22-13-5-9(20)6-14-10(13)2-4-23(14)8-15(17,18)19/h2,4-6,11-12,21-22H,1,3,7-8H2. The summed E-state index contributed by atoms with van der Waals surface area (Å²) in [6, 6.07) is 4.87. The van der Waals surface area contributed by atoms with E-state index in [0.29, 0.717) is 29.6 Å². The number of piperidine rings is 1. The summed E-state index contributed by atoms with van der Waals surface area (Å²) in [6.07, 6.45) is -3.24. The topological polar surface area (TPSA) is 29.0 Å². The Labute approximate surface area is 144 Å². The summed E-state index contributed by atoms with van der Waals surface area (Å²) < 4.78 is 54.0. The number of hydrogen-bond acceptors (Lipinski definition) is 2. The van der Waals surface area contributed by atoms with Crippen LogP contribution in [-0.4, -0.2) is 36.0 Å². The minimum atomic E-state index is -4.28. The third kappa shape index (κ3) is 3.90. The van der Waals surface area contributed by atoms with Gasteiger partial charge in [-0.2, -0.15) is 13.2 Å². The number of anilines is 1. The molecule has 0 radical (unpaired) electrons. The molecule has 2 aromatic rings. The molecule has 1 aliphatic rings.